The average molecular weight is 223 g/mol. The van der Waals surface area contributed by atoms with Crippen molar-refractivity contribution in [3.8, 4) is 0 Å². The summed E-state index contributed by atoms with van der Waals surface area (Å²) in [6.45, 7) is 4.79. The Morgan fingerprint density at radius 1 is 1.50 bits per heavy atom. The van der Waals surface area contributed by atoms with Crippen molar-refractivity contribution in [2.24, 2.45) is 0 Å². The maximum Gasteiger partial charge on any atom is 0.148 e. The Bertz CT molecular complexity index is 367. The molecule has 0 aromatic heterocycles. The van der Waals surface area contributed by atoms with Gasteiger partial charge in [-0.3, -0.25) is 0 Å². The first-order valence-electron chi connectivity index (χ1n) is 5.67. The summed E-state index contributed by atoms with van der Waals surface area (Å²) in [6.07, 6.45) is 0. The van der Waals surface area contributed by atoms with Gasteiger partial charge in [-0.05, 0) is 25.1 Å². The van der Waals surface area contributed by atoms with Crippen LogP contribution in [0, 0.1) is 5.82 Å². The lowest BCUT2D eigenvalue weighted by atomic mass is 10.1. The van der Waals surface area contributed by atoms with Gasteiger partial charge in [0.15, 0.2) is 0 Å². The number of piperazine rings is 1. The van der Waals surface area contributed by atoms with E-state index in [4.69, 9.17) is 0 Å². The van der Waals surface area contributed by atoms with Gasteiger partial charge in [0.2, 0.25) is 0 Å². The van der Waals surface area contributed by atoms with Crippen molar-refractivity contribution < 1.29 is 4.39 Å². The molecule has 0 saturated carbocycles. The molecule has 1 heterocycles. The first kappa shape index (κ1) is 11.2. The number of nitrogens with zero attached hydrogens (tertiary/aromatic N) is 1. The number of nitrogens with one attached hydrogen (secondary N) is 2. The molecule has 0 bridgehead atoms. The number of hydrogen-bond acceptors (Lipinski definition) is 3. The van der Waals surface area contributed by atoms with Gasteiger partial charge in [-0.1, -0.05) is 0 Å². The van der Waals surface area contributed by atoms with Crippen molar-refractivity contribution in [2.75, 3.05) is 36.9 Å². The van der Waals surface area contributed by atoms with Crippen LogP contribution in [0.2, 0.25) is 0 Å². The van der Waals surface area contributed by atoms with Gasteiger partial charge in [0, 0.05) is 38.4 Å². The topological polar surface area (TPSA) is 27.3 Å². The van der Waals surface area contributed by atoms with Crippen molar-refractivity contribution >= 4 is 11.4 Å². The van der Waals surface area contributed by atoms with E-state index in [1.807, 2.05) is 12.1 Å². The van der Waals surface area contributed by atoms with E-state index in [2.05, 4.69) is 22.5 Å². The monoisotopic (exact) mass is 223 g/mol. The summed E-state index contributed by atoms with van der Waals surface area (Å²) in [6, 6.07) is 5.64. The van der Waals surface area contributed by atoms with Crippen molar-refractivity contribution in [3.05, 3.63) is 24.0 Å². The van der Waals surface area contributed by atoms with Gasteiger partial charge in [0.25, 0.3) is 0 Å². The SMILES string of the molecule is CNc1ccc(N2CCNCC2C)c(F)c1. The molecule has 3 nitrogen and oxygen atoms in total. The van der Waals surface area contributed by atoms with Crippen LogP contribution in [0.25, 0.3) is 0 Å². The molecule has 1 aromatic rings. The Labute approximate surface area is 95.6 Å². The van der Waals surface area contributed by atoms with Gasteiger partial charge in [-0.25, -0.2) is 4.39 Å². The van der Waals surface area contributed by atoms with Crippen LogP contribution in [-0.4, -0.2) is 32.7 Å². The average Bonchev–Trinajstić information content (AvgIpc) is 2.30. The molecule has 2 N–H and O–H groups in total. The minimum Gasteiger partial charge on any atom is -0.388 e. The van der Waals surface area contributed by atoms with E-state index in [0.29, 0.717) is 11.7 Å². The van der Waals surface area contributed by atoms with Crippen molar-refractivity contribution in [1.82, 2.24) is 5.32 Å². The van der Waals surface area contributed by atoms with E-state index in [1.54, 1.807) is 13.1 Å². The van der Waals surface area contributed by atoms with Crippen LogP contribution < -0.4 is 15.5 Å². The third kappa shape index (κ3) is 2.11. The summed E-state index contributed by atoms with van der Waals surface area (Å²) in [5.74, 6) is -0.152. The van der Waals surface area contributed by atoms with E-state index in [-0.39, 0.29) is 5.82 Å². The molecular formula is C12H18FN3. The maximum atomic E-state index is 13.9. The van der Waals surface area contributed by atoms with Gasteiger partial charge >= 0.3 is 0 Å². The van der Waals surface area contributed by atoms with Crippen molar-refractivity contribution in [2.45, 2.75) is 13.0 Å². The zero-order chi connectivity index (χ0) is 11.5. The molecule has 4 heteroatoms. The number of benzene rings is 1. The second-order valence-electron chi connectivity index (χ2n) is 4.16. The highest BCUT2D eigenvalue weighted by Crippen LogP contribution is 2.24. The molecule has 1 aliphatic heterocycles. The maximum absolute atomic E-state index is 13.9. The number of anilines is 2. The van der Waals surface area contributed by atoms with Crippen LogP contribution in [0.1, 0.15) is 6.92 Å². The molecule has 2 rings (SSSR count). The standard InChI is InChI=1S/C12H18FN3/c1-9-8-15-5-6-16(9)12-4-3-10(14-2)7-11(12)13/h3-4,7,9,14-15H,5-6,8H2,1-2H3. The third-order valence-corrected chi connectivity index (χ3v) is 3.05. The highest BCUT2D eigenvalue weighted by atomic mass is 19.1. The summed E-state index contributed by atoms with van der Waals surface area (Å²) in [7, 11) is 1.79. The molecule has 0 aliphatic carbocycles. The Hall–Kier alpha value is -1.29. The zero-order valence-corrected chi connectivity index (χ0v) is 9.76. The lowest BCUT2D eigenvalue weighted by Crippen LogP contribution is -2.50. The van der Waals surface area contributed by atoms with Gasteiger partial charge in [-0.15, -0.1) is 0 Å². The van der Waals surface area contributed by atoms with Crippen LogP contribution in [0.4, 0.5) is 15.8 Å². The summed E-state index contributed by atoms with van der Waals surface area (Å²) in [5, 5.41) is 6.24. The fraction of sp³-hybridized carbons (Fsp3) is 0.500. The minimum atomic E-state index is -0.152. The second kappa shape index (κ2) is 4.70. The van der Waals surface area contributed by atoms with Gasteiger partial charge in [0.1, 0.15) is 5.82 Å². The summed E-state index contributed by atoms with van der Waals surface area (Å²) < 4.78 is 13.9. The minimum absolute atomic E-state index is 0.152. The lowest BCUT2D eigenvalue weighted by Gasteiger charge is -2.36. The predicted molar refractivity (Wildman–Crippen MR) is 65.6 cm³/mol. The Morgan fingerprint density at radius 2 is 2.31 bits per heavy atom. The fourth-order valence-electron chi connectivity index (χ4n) is 2.09. The summed E-state index contributed by atoms with van der Waals surface area (Å²) in [4.78, 5) is 2.12. The van der Waals surface area contributed by atoms with Crippen LogP contribution in [0.15, 0.2) is 18.2 Å². The zero-order valence-electron chi connectivity index (χ0n) is 9.76. The smallest absolute Gasteiger partial charge is 0.148 e. The molecule has 88 valence electrons. The number of hydrogen-bond donors (Lipinski definition) is 2. The highest BCUT2D eigenvalue weighted by molar-refractivity contribution is 5.56. The third-order valence-electron chi connectivity index (χ3n) is 3.05. The molecule has 16 heavy (non-hydrogen) atoms. The normalized spacial score (nSPS) is 20.9. The molecule has 1 saturated heterocycles. The molecule has 0 amide bonds. The number of halogens is 1. The summed E-state index contributed by atoms with van der Waals surface area (Å²) >= 11 is 0. The highest BCUT2D eigenvalue weighted by Gasteiger charge is 2.20. The Balaban J connectivity index is 2.25. The Kier molecular flexibility index (Phi) is 3.29. The Morgan fingerprint density at radius 3 is 2.94 bits per heavy atom. The molecule has 1 fully saturated rings. The van der Waals surface area contributed by atoms with Crippen LogP contribution >= 0.6 is 0 Å². The fourth-order valence-corrected chi connectivity index (χ4v) is 2.09. The molecule has 1 aliphatic rings. The first-order valence-corrected chi connectivity index (χ1v) is 5.67. The van der Waals surface area contributed by atoms with Crippen LogP contribution in [0.3, 0.4) is 0 Å². The van der Waals surface area contributed by atoms with E-state index < -0.39 is 0 Å². The second-order valence-corrected chi connectivity index (χ2v) is 4.16. The lowest BCUT2D eigenvalue weighted by molar-refractivity contribution is 0.491. The summed E-state index contributed by atoms with van der Waals surface area (Å²) in [5.41, 5.74) is 1.51. The van der Waals surface area contributed by atoms with Gasteiger partial charge in [0.05, 0.1) is 5.69 Å². The molecule has 0 radical (unpaired) electrons. The molecule has 1 unspecified atom stereocenters. The van der Waals surface area contributed by atoms with Gasteiger partial charge in [-0.2, -0.15) is 0 Å². The largest absolute Gasteiger partial charge is 0.388 e. The van der Waals surface area contributed by atoms with Gasteiger partial charge < -0.3 is 15.5 Å². The van der Waals surface area contributed by atoms with E-state index in [9.17, 15) is 4.39 Å². The predicted octanol–water partition coefficient (Wildman–Crippen LogP) is 1.67. The molecule has 1 atom stereocenters. The number of rotatable bonds is 2. The van der Waals surface area contributed by atoms with Crippen LogP contribution in [0.5, 0.6) is 0 Å². The van der Waals surface area contributed by atoms with Crippen molar-refractivity contribution in [3.63, 3.8) is 0 Å². The quantitative estimate of drug-likeness (QED) is 0.798. The molecule has 1 aromatic carbocycles. The van der Waals surface area contributed by atoms with Crippen molar-refractivity contribution in [1.29, 1.82) is 0 Å². The molecular weight excluding hydrogens is 205 g/mol. The van der Waals surface area contributed by atoms with E-state index in [1.165, 1.54) is 0 Å². The molecule has 0 spiro atoms. The van der Waals surface area contributed by atoms with Crippen LogP contribution in [-0.2, 0) is 0 Å². The first-order chi connectivity index (χ1) is 7.72. The van der Waals surface area contributed by atoms with E-state index >= 15 is 0 Å². The van der Waals surface area contributed by atoms with E-state index in [0.717, 1.165) is 25.3 Å².